The zero-order chi connectivity index (χ0) is 13.0. The third-order valence-corrected chi connectivity index (χ3v) is 3.59. The second-order valence-corrected chi connectivity index (χ2v) is 4.96. The molecule has 1 aromatic carbocycles. The largest absolute Gasteiger partial charge is 0.386 e. The maximum Gasteiger partial charge on any atom is 0.172 e. The van der Waals surface area contributed by atoms with Crippen LogP contribution in [0, 0.1) is 0 Å². The second kappa shape index (κ2) is 5.93. The topological polar surface area (TPSA) is 56.2 Å². The second-order valence-electron chi connectivity index (χ2n) is 3.65. The van der Waals surface area contributed by atoms with Crippen LogP contribution in [-0.4, -0.2) is 21.3 Å². The first-order valence-corrected chi connectivity index (χ1v) is 6.68. The van der Waals surface area contributed by atoms with Gasteiger partial charge in [-0.25, -0.2) is 9.98 Å². The summed E-state index contributed by atoms with van der Waals surface area (Å²) in [5.74, 6) is 0.658. The van der Waals surface area contributed by atoms with Crippen molar-refractivity contribution in [2.24, 2.45) is 17.8 Å². The van der Waals surface area contributed by atoms with Gasteiger partial charge in [-0.2, -0.15) is 0 Å². The third kappa shape index (κ3) is 3.27. The van der Waals surface area contributed by atoms with Gasteiger partial charge in [0.25, 0.3) is 0 Å². The lowest BCUT2D eigenvalue weighted by Gasteiger charge is -2.02. The Balaban J connectivity index is 2.11. The van der Waals surface area contributed by atoms with Crippen LogP contribution < -0.4 is 5.73 Å². The Morgan fingerprint density at radius 2 is 2.17 bits per heavy atom. The van der Waals surface area contributed by atoms with Crippen molar-refractivity contribution in [2.45, 2.75) is 10.1 Å². The number of alkyl halides is 1. The molecule has 6 heteroatoms. The molecule has 0 aliphatic heterocycles. The van der Waals surface area contributed by atoms with Crippen LogP contribution in [0.4, 0.5) is 5.69 Å². The van der Waals surface area contributed by atoms with Crippen molar-refractivity contribution in [2.75, 3.05) is 5.88 Å². The lowest BCUT2D eigenvalue weighted by atomic mass is 10.3. The van der Waals surface area contributed by atoms with Crippen molar-refractivity contribution in [3.8, 4) is 0 Å². The zero-order valence-electron chi connectivity index (χ0n) is 9.88. The number of hydrogen-bond donors (Lipinski definition) is 1. The molecule has 0 aliphatic carbocycles. The van der Waals surface area contributed by atoms with Crippen LogP contribution in [0.5, 0.6) is 0 Å². The number of amidine groups is 1. The van der Waals surface area contributed by atoms with Crippen molar-refractivity contribution >= 4 is 34.9 Å². The highest BCUT2D eigenvalue weighted by Crippen LogP contribution is 2.27. The first-order valence-electron chi connectivity index (χ1n) is 5.33. The number of aromatic nitrogens is 2. The van der Waals surface area contributed by atoms with Crippen molar-refractivity contribution in [1.82, 2.24) is 9.55 Å². The van der Waals surface area contributed by atoms with Gasteiger partial charge in [-0.05, 0) is 24.3 Å². The fourth-order valence-corrected chi connectivity index (χ4v) is 2.20. The molecule has 0 saturated carbocycles. The summed E-state index contributed by atoms with van der Waals surface area (Å²) in [6.45, 7) is 0. The molecular formula is C12H13ClN4S. The summed E-state index contributed by atoms with van der Waals surface area (Å²) in [6, 6.07) is 7.79. The molecule has 0 atom stereocenters. The highest BCUT2D eigenvalue weighted by molar-refractivity contribution is 7.99. The Hall–Kier alpha value is -1.46. The van der Waals surface area contributed by atoms with Gasteiger partial charge < -0.3 is 10.3 Å². The number of nitrogens with zero attached hydrogens (tertiary/aromatic N) is 3. The highest BCUT2D eigenvalue weighted by Gasteiger charge is 2.02. The average Bonchev–Trinajstić information content (AvgIpc) is 2.77. The van der Waals surface area contributed by atoms with E-state index in [1.807, 2.05) is 42.1 Å². The van der Waals surface area contributed by atoms with E-state index in [1.165, 1.54) is 0 Å². The monoisotopic (exact) mass is 280 g/mol. The standard InChI is InChI=1S/C12H13ClN4S/c1-17-7-6-15-12(17)18-10-4-2-9(3-5-10)16-11(14)8-13/h2-7H,8H2,1H3,(H2,14,16). The Morgan fingerprint density at radius 3 is 2.72 bits per heavy atom. The Morgan fingerprint density at radius 1 is 1.44 bits per heavy atom. The molecule has 18 heavy (non-hydrogen) atoms. The summed E-state index contributed by atoms with van der Waals surface area (Å²) in [5.41, 5.74) is 6.38. The number of rotatable bonds is 4. The number of imidazole rings is 1. The average molecular weight is 281 g/mol. The molecule has 0 spiro atoms. The molecule has 0 radical (unpaired) electrons. The Labute approximate surface area is 115 Å². The SMILES string of the molecule is Cn1ccnc1Sc1ccc(N=C(N)CCl)cc1. The van der Waals surface area contributed by atoms with Gasteiger partial charge in [0.05, 0.1) is 11.6 Å². The zero-order valence-corrected chi connectivity index (χ0v) is 11.4. The first kappa shape index (κ1) is 13.0. The number of benzene rings is 1. The van der Waals surface area contributed by atoms with Crippen LogP contribution in [0.3, 0.4) is 0 Å². The molecule has 0 saturated heterocycles. The number of aryl methyl sites for hydroxylation is 1. The summed E-state index contributed by atoms with van der Waals surface area (Å²) in [6.07, 6.45) is 3.70. The predicted octanol–water partition coefficient (Wildman–Crippen LogP) is 2.80. The van der Waals surface area contributed by atoms with Crippen LogP contribution in [0.25, 0.3) is 0 Å². The van der Waals surface area contributed by atoms with Gasteiger partial charge in [0, 0.05) is 24.3 Å². The molecule has 0 aliphatic rings. The van der Waals surface area contributed by atoms with E-state index < -0.39 is 0 Å². The van der Waals surface area contributed by atoms with Gasteiger partial charge >= 0.3 is 0 Å². The number of nitrogens with two attached hydrogens (primary N) is 1. The van der Waals surface area contributed by atoms with Crippen LogP contribution in [-0.2, 0) is 7.05 Å². The minimum Gasteiger partial charge on any atom is -0.386 e. The maximum atomic E-state index is 5.57. The molecule has 2 N–H and O–H groups in total. The molecule has 1 heterocycles. The van der Waals surface area contributed by atoms with Crippen LogP contribution in [0.15, 0.2) is 51.7 Å². The van der Waals surface area contributed by atoms with E-state index in [0.717, 1.165) is 15.7 Å². The molecule has 4 nitrogen and oxygen atoms in total. The van der Waals surface area contributed by atoms with E-state index in [1.54, 1.807) is 18.0 Å². The molecule has 94 valence electrons. The van der Waals surface area contributed by atoms with Gasteiger partial charge in [-0.15, -0.1) is 11.6 Å². The minimum absolute atomic E-state index is 0.240. The number of halogens is 1. The third-order valence-electron chi connectivity index (χ3n) is 2.23. The molecular weight excluding hydrogens is 268 g/mol. The first-order chi connectivity index (χ1) is 8.69. The van der Waals surface area contributed by atoms with Crippen LogP contribution in [0.2, 0.25) is 0 Å². The van der Waals surface area contributed by atoms with Crippen LogP contribution >= 0.6 is 23.4 Å². The Bertz CT molecular complexity index is 547. The predicted molar refractivity (Wildman–Crippen MR) is 75.8 cm³/mol. The minimum atomic E-state index is 0.240. The van der Waals surface area contributed by atoms with Crippen molar-refractivity contribution in [3.05, 3.63) is 36.7 Å². The van der Waals surface area contributed by atoms with Gasteiger partial charge in [0.2, 0.25) is 0 Å². The fourth-order valence-electron chi connectivity index (χ4n) is 1.34. The molecule has 0 amide bonds. The highest BCUT2D eigenvalue weighted by atomic mass is 35.5. The van der Waals surface area contributed by atoms with Crippen molar-refractivity contribution in [1.29, 1.82) is 0 Å². The number of hydrogen-bond acceptors (Lipinski definition) is 3. The summed E-state index contributed by atoms with van der Waals surface area (Å²) in [5, 5.41) is 0.950. The quantitative estimate of drug-likeness (QED) is 0.532. The van der Waals surface area contributed by atoms with E-state index >= 15 is 0 Å². The summed E-state index contributed by atoms with van der Waals surface area (Å²) >= 11 is 7.17. The van der Waals surface area contributed by atoms with Gasteiger partial charge in [-0.1, -0.05) is 11.8 Å². The van der Waals surface area contributed by atoms with E-state index in [4.69, 9.17) is 17.3 Å². The summed E-state index contributed by atoms with van der Waals surface area (Å²) < 4.78 is 1.97. The van der Waals surface area contributed by atoms with Gasteiger partial charge in [0.1, 0.15) is 5.84 Å². The molecule has 0 bridgehead atoms. The van der Waals surface area contributed by atoms with E-state index in [2.05, 4.69) is 9.98 Å². The molecule has 1 aromatic heterocycles. The van der Waals surface area contributed by atoms with Crippen molar-refractivity contribution < 1.29 is 0 Å². The van der Waals surface area contributed by atoms with Crippen LogP contribution in [0.1, 0.15) is 0 Å². The smallest absolute Gasteiger partial charge is 0.172 e. The fraction of sp³-hybridized carbons (Fsp3) is 0.167. The lowest BCUT2D eigenvalue weighted by molar-refractivity contribution is 0.790. The molecule has 0 fully saturated rings. The molecule has 0 unspecified atom stereocenters. The van der Waals surface area contributed by atoms with E-state index in [-0.39, 0.29) is 5.88 Å². The Kier molecular flexibility index (Phi) is 4.28. The van der Waals surface area contributed by atoms with Gasteiger partial charge in [-0.3, -0.25) is 0 Å². The van der Waals surface area contributed by atoms with E-state index in [0.29, 0.717) is 5.84 Å². The maximum absolute atomic E-state index is 5.57. The lowest BCUT2D eigenvalue weighted by Crippen LogP contribution is -2.12. The number of aliphatic imine (C=N–C) groups is 1. The van der Waals surface area contributed by atoms with Crippen molar-refractivity contribution in [3.63, 3.8) is 0 Å². The van der Waals surface area contributed by atoms with Gasteiger partial charge in [0.15, 0.2) is 5.16 Å². The van der Waals surface area contributed by atoms with E-state index in [9.17, 15) is 0 Å². The summed E-state index contributed by atoms with van der Waals surface area (Å²) in [4.78, 5) is 9.53. The normalized spacial score (nSPS) is 11.8. The molecule has 2 aromatic rings. The summed E-state index contributed by atoms with van der Waals surface area (Å²) in [7, 11) is 1.97. The molecule has 2 rings (SSSR count).